The summed E-state index contributed by atoms with van der Waals surface area (Å²) in [5.74, 6) is 0.436. The summed E-state index contributed by atoms with van der Waals surface area (Å²) >= 11 is 0. The van der Waals surface area contributed by atoms with E-state index in [2.05, 4.69) is 15.6 Å². The summed E-state index contributed by atoms with van der Waals surface area (Å²) < 4.78 is 5.22. The van der Waals surface area contributed by atoms with Gasteiger partial charge < -0.3 is 15.4 Å². The predicted octanol–water partition coefficient (Wildman–Crippen LogP) is 3.96. The van der Waals surface area contributed by atoms with Gasteiger partial charge in [-0.1, -0.05) is 18.2 Å². The van der Waals surface area contributed by atoms with Crippen LogP contribution in [-0.2, 0) is 9.53 Å². The maximum Gasteiger partial charge on any atom is 0.331 e. The Morgan fingerprint density at radius 2 is 1.80 bits per heavy atom. The molecule has 1 heterocycles. The lowest BCUT2D eigenvalue weighted by Gasteiger charge is -2.17. The van der Waals surface area contributed by atoms with Gasteiger partial charge in [-0.25, -0.2) is 9.78 Å². The minimum atomic E-state index is -0.485. The molecule has 0 saturated heterocycles. The molecule has 5 heteroatoms. The Morgan fingerprint density at radius 3 is 2.44 bits per heavy atom. The molecule has 0 fully saturated rings. The van der Waals surface area contributed by atoms with Crippen LogP contribution in [0.3, 0.4) is 0 Å². The van der Waals surface area contributed by atoms with Gasteiger partial charge in [-0.3, -0.25) is 0 Å². The van der Waals surface area contributed by atoms with Crippen LogP contribution in [0.2, 0.25) is 0 Å². The minimum Gasteiger partial charge on any atom is -0.457 e. The van der Waals surface area contributed by atoms with E-state index < -0.39 is 5.60 Å². The molecule has 1 aromatic carbocycles. The minimum absolute atomic E-state index is 0.360. The number of hydrogen-bond donors (Lipinski definition) is 2. The first-order valence-electron chi connectivity index (χ1n) is 8.32. The summed E-state index contributed by atoms with van der Waals surface area (Å²) in [7, 11) is 0. The van der Waals surface area contributed by atoms with Crippen LogP contribution >= 0.6 is 0 Å². The highest BCUT2D eigenvalue weighted by Crippen LogP contribution is 2.10. The normalized spacial score (nSPS) is 11.3. The van der Waals surface area contributed by atoms with E-state index in [4.69, 9.17) is 4.74 Å². The Kier molecular flexibility index (Phi) is 6.57. The van der Waals surface area contributed by atoms with Crippen molar-refractivity contribution in [1.82, 2.24) is 4.98 Å². The van der Waals surface area contributed by atoms with Crippen molar-refractivity contribution < 1.29 is 9.53 Å². The number of para-hydroxylation sites is 1. The van der Waals surface area contributed by atoms with Crippen molar-refractivity contribution in [3.05, 3.63) is 60.3 Å². The van der Waals surface area contributed by atoms with Gasteiger partial charge in [0.25, 0.3) is 0 Å². The molecule has 0 aliphatic rings. The predicted molar refractivity (Wildman–Crippen MR) is 103 cm³/mol. The number of carbonyl (C=O) groups excluding carboxylic acids is 1. The number of esters is 1. The van der Waals surface area contributed by atoms with Crippen molar-refractivity contribution in [2.45, 2.75) is 26.4 Å². The van der Waals surface area contributed by atoms with Gasteiger partial charge >= 0.3 is 5.97 Å². The third kappa shape index (κ3) is 7.52. The fourth-order valence-corrected chi connectivity index (χ4v) is 2.06. The molecule has 0 saturated carbocycles. The van der Waals surface area contributed by atoms with E-state index in [9.17, 15) is 4.79 Å². The van der Waals surface area contributed by atoms with Crippen molar-refractivity contribution in [3.63, 3.8) is 0 Å². The number of aromatic nitrogens is 1. The second-order valence-corrected chi connectivity index (χ2v) is 6.56. The average Bonchev–Trinajstić information content (AvgIpc) is 2.57. The lowest BCUT2D eigenvalue weighted by molar-refractivity contribution is -0.148. The quantitative estimate of drug-likeness (QED) is 0.454. The van der Waals surface area contributed by atoms with E-state index in [0.29, 0.717) is 0 Å². The highest BCUT2D eigenvalue weighted by atomic mass is 16.6. The summed E-state index contributed by atoms with van der Waals surface area (Å²) in [6.07, 6.45) is 4.83. The van der Waals surface area contributed by atoms with E-state index >= 15 is 0 Å². The molecule has 132 valence electrons. The number of ether oxygens (including phenoxy) is 1. The average molecular weight is 339 g/mol. The zero-order valence-corrected chi connectivity index (χ0v) is 15.0. The fraction of sp³-hybridized carbons (Fsp3) is 0.300. The maximum absolute atomic E-state index is 11.6. The lowest BCUT2D eigenvalue weighted by Crippen LogP contribution is -2.22. The smallest absolute Gasteiger partial charge is 0.331 e. The number of nitrogens with one attached hydrogen (secondary N) is 2. The van der Waals surface area contributed by atoms with Crippen LogP contribution in [0.4, 0.5) is 11.5 Å². The van der Waals surface area contributed by atoms with Crippen molar-refractivity contribution in [1.29, 1.82) is 0 Å². The second kappa shape index (κ2) is 8.87. The van der Waals surface area contributed by atoms with Gasteiger partial charge in [0.05, 0.1) is 0 Å². The molecule has 2 rings (SSSR count). The van der Waals surface area contributed by atoms with E-state index in [1.807, 2.05) is 63.2 Å². The molecule has 25 heavy (non-hydrogen) atoms. The second-order valence-electron chi connectivity index (χ2n) is 6.56. The van der Waals surface area contributed by atoms with Crippen molar-refractivity contribution in [2.75, 3.05) is 23.7 Å². The van der Waals surface area contributed by atoms with Crippen LogP contribution < -0.4 is 10.6 Å². The first kappa shape index (κ1) is 18.5. The van der Waals surface area contributed by atoms with Crippen molar-refractivity contribution in [2.24, 2.45) is 0 Å². The number of benzene rings is 1. The molecule has 0 aliphatic heterocycles. The monoisotopic (exact) mass is 339 g/mol. The third-order valence-corrected chi connectivity index (χ3v) is 3.14. The van der Waals surface area contributed by atoms with Crippen LogP contribution in [0.5, 0.6) is 0 Å². The number of anilines is 2. The number of rotatable bonds is 7. The molecule has 5 nitrogen and oxygen atoms in total. The molecule has 0 aliphatic carbocycles. The Bertz CT molecular complexity index is 689. The zero-order valence-electron chi connectivity index (χ0n) is 15.0. The van der Waals surface area contributed by atoms with Crippen molar-refractivity contribution in [3.8, 4) is 0 Å². The molecule has 2 N–H and O–H groups in total. The Labute approximate surface area is 149 Å². The van der Waals surface area contributed by atoms with Crippen LogP contribution in [0.1, 0.15) is 26.3 Å². The van der Waals surface area contributed by atoms with Gasteiger partial charge in [0, 0.05) is 31.0 Å². The Hall–Kier alpha value is -2.82. The van der Waals surface area contributed by atoms with Crippen LogP contribution in [0.15, 0.2) is 54.7 Å². The SMILES string of the molecule is CC(C)(C)OC(=O)C=Cc1ccc(NCCNc2ccccc2)nc1. The fourth-order valence-electron chi connectivity index (χ4n) is 2.06. The first-order valence-corrected chi connectivity index (χ1v) is 8.32. The summed E-state index contributed by atoms with van der Waals surface area (Å²) in [6, 6.07) is 13.8. The molecule has 0 radical (unpaired) electrons. The van der Waals surface area contributed by atoms with E-state index in [0.717, 1.165) is 30.2 Å². The van der Waals surface area contributed by atoms with E-state index in [1.54, 1.807) is 12.3 Å². The van der Waals surface area contributed by atoms with Crippen LogP contribution in [-0.4, -0.2) is 29.6 Å². The number of carbonyl (C=O) groups is 1. The largest absolute Gasteiger partial charge is 0.457 e. The molecular formula is C20H25N3O2. The molecule has 2 aromatic rings. The Balaban J connectivity index is 1.75. The highest BCUT2D eigenvalue weighted by Gasteiger charge is 2.13. The Morgan fingerprint density at radius 1 is 1.08 bits per heavy atom. The summed E-state index contributed by atoms with van der Waals surface area (Å²) in [4.78, 5) is 16.0. The van der Waals surface area contributed by atoms with Gasteiger partial charge in [-0.15, -0.1) is 0 Å². The highest BCUT2D eigenvalue weighted by molar-refractivity contribution is 5.87. The lowest BCUT2D eigenvalue weighted by atomic mass is 10.2. The molecule has 1 aromatic heterocycles. The van der Waals surface area contributed by atoms with Crippen LogP contribution in [0.25, 0.3) is 6.08 Å². The van der Waals surface area contributed by atoms with Gasteiger partial charge in [0.1, 0.15) is 11.4 Å². The van der Waals surface area contributed by atoms with Gasteiger partial charge in [0.15, 0.2) is 0 Å². The van der Waals surface area contributed by atoms with E-state index in [1.165, 1.54) is 6.08 Å². The molecular weight excluding hydrogens is 314 g/mol. The first-order chi connectivity index (χ1) is 11.9. The van der Waals surface area contributed by atoms with E-state index in [-0.39, 0.29) is 5.97 Å². The standard InChI is InChI=1S/C20H25N3O2/c1-20(2,3)25-19(24)12-10-16-9-11-18(23-15-16)22-14-13-21-17-7-5-4-6-8-17/h4-12,15,21H,13-14H2,1-3H3,(H,22,23). The van der Waals surface area contributed by atoms with Gasteiger partial charge in [-0.2, -0.15) is 0 Å². The maximum atomic E-state index is 11.6. The van der Waals surface area contributed by atoms with Crippen LogP contribution in [0, 0.1) is 0 Å². The molecule has 0 amide bonds. The summed E-state index contributed by atoms with van der Waals surface area (Å²) in [5.41, 5.74) is 1.46. The molecule has 0 bridgehead atoms. The molecule has 0 unspecified atom stereocenters. The molecule has 0 atom stereocenters. The topological polar surface area (TPSA) is 63.2 Å². The van der Waals surface area contributed by atoms with Gasteiger partial charge in [0.2, 0.25) is 0 Å². The van der Waals surface area contributed by atoms with Gasteiger partial charge in [-0.05, 0) is 56.7 Å². The van der Waals surface area contributed by atoms with Crippen molar-refractivity contribution >= 4 is 23.6 Å². The number of pyridine rings is 1. The number of hydrogen-bond acceptors (Lipinski definition) is 5. The third-order valence-electron chi connectivity index (χ3n) is 3.14. The zero-order chi connectivity index (χ0) is 18.1. The number of nitrogens with zero attached hydrogens (tertiary/aromatic N) is 1. The molecule has 0 spiro atoms. The summed E-state index contributed by atoms with van der Waals surface area (Å²) in [5, 5.41) is 6.57. The summed E-state index contributed by atoms with van der Waals surface area (Å²) in [6.45, 7) is 7.08.